The van der Waals surface area contributed by atoms with E-state index >= 15 is 0 Å². The number of carboxylic acid groups (broad SMARTS) is 2. The zero-order valence-corrected chi connectivity index (χ0v) is 14.1. The van der Waals surface area contributed by atoms with Crippen molar-refractivity contribution in [3.05, 3.63) is 35.4 Å². The monoisotopic (exact) mass is 341 g/mol. The summed E-state index contributed by atoms with van der Waals surface area (Å²) in [7, 11) is 0. The van der Waals surface area contributed by atoms with Crippen molar-refractivity contribution in [3.8, 4) is 0 Å². The van der Waals surface area contributed by atoms with Crippen LogP contribution in [0.3, 0.4) is 0 Å². The minimum Gasteiger partial charge on any atom is -0.481 e. The summed E-state index contributed by atoms with van der Waals surface area (Å²) in [4.78, 5) is 19.8. The van der Waals surface area contributed by atoms with Crippen LogP contribution < -0.4 is 5.32 Å². The molecule has 2 atom stereocenters. The number of halogens is 1. The average molecular weight is 342 g/mol. The molecular formula is C17H24ClNO4. The zero-order chi connectivity index (χ0) is 17.2. The normalized spacial score (nSPS) is 19.7. The lowest BCUT2D eigenvalue weighted by molar-refractivity contribution is -0.139. The van der Waals surface area contributed by atoms with Crippen molar-refractivity contribution in [2.75, 3.05) is 13.1 Å². The number of carboxylic acids is 2. The molecule has 5 nitrogen and oxygen atoms in total. The lowest BCUT2D eigenvalue weighted by Gasteiger charge is -2.12. The highest BCUT2D eigenvalue weighted by Crippen LogP contribution is 2.30. The van der Waals surface area contributed by atoms with Crippen molar-refractivity contribution < 1.29 is 19.8 Å². The second kappa shape index (κ2) is 10.2. The van der Waals surface area contributed by atoms with Crippen LogP contribution in [-0.4, -0.2) is 35.2 Å². The SMILES string of the molecule is CC1CNCC(Cl)c2ccccc21.O=C(O)CCCCC(=O)O. The molecule has 0 aliphatic carbocycles. The summed E-state index contributed by atoms with van der Waals surface area (Å²) in [6.07, 6.45) is 1.02. The molecule has 3 N–H and O–H groups in total. The number of alkyl halides is 1. The van der Waals surface area contributed by atoms with Gasteiger partial charge in [-0.25, -0.2) is 0 Å². The van der Waals surface area contributed by atoms with Gasteiger partial charge in [0.2, 0.25) is 0 Å². The van der Waals surface area contributed by atoms with Crippen LogP contribution in [0.5, 0.6) is 0 Å². The summed E-state index contributed by atoms with van der Waals surface area (Å²) in [6.45, 7) is 4.14. The fraction of sp³-hybridized carbons (Fsp3) is 0.529. The van der Waals surface area contributed by atoms with Crippen molar-refractivity contribution in [3.63, 3.8) is 0 Å². The Bertz CT molecular complexity index is 476. The molecule has 23 heavy (non-hydrogen) atoms. The molecule has 0 saturated heterocycles. The lowest BCUT2D eigenvalue weighted by Crippen LogP contribution is -2.19. The number of hydrogen-bond acceptors (Lipinski definition) is 3. The van der Waals surface area contributed by atoms with Crippen LogP contribution in [0.25, 0.3) is 0 Å². The van der Waals surface area contributed by atoms with Gasteiger partial charge in [0.1, 0.15) is 0 Å². The zero-order valence-electron chi connectivity index (χ0n) is 13.3. The molecule has 128 valence electrons. The molecule has 0 amide bonds. The van der Waals surface area contributed by atoms with E-state index in [1.165, 1.54) is 11.1 Å². The average Bonchev–Trinajstić information content (AvgIpc) is 2.65. The number of rotatable bonds is 5. The van der Waals surface area contributed by atoms with Gasteiger partial charge >= 0.3 is 11.9 Å². The van der Waals surface area contributed by atoms with Gasteiger partial charge in [0.15, 0.2) is 0 Å². The molecule has 1 heterocycles. The van der Waals surface area contributed by atoms with Gasteiger partial charge in [0, 0.05) is 25.9 Å². The number of fused-ring (bicyclic) bond motifs is 1. The van der Waals surface area contributed by atoms with E-state index in [1.807, 2.05) is 0 Å². The third-order valence-electron chi connectivity index (χ3n) is 3.67. The third-order valence-corrected chi connectivity index (χ3v) is 4.06. The highest BCUT2D eigenvalue weighted by molar-refractivity contribution is 6.21. The maximum absolute atomic E-state index is 9.90. The van der Waals surface area contributed by atoms with Crippen molar-refractivity contribution >= 4 is 23.5 Å². The van der Waals surface area contributed by atoms with Crippen LogP contribution >= 0.6 is 11.6 Å². The Hall–Kier alpha value is -1.59. The highest BCUT2D eigenvalue weighted by Gasteiger charge is 2.19. The van der Waals surface area contributed by atoms with Crippen molar-refractivity contribution in [2.24, 2.45) is 0 Å². The van der Waals surface area contributed by atoms with Gasteiger partial charge < -0.3 is 15.5 Å². The Morgan fingerprint density at radius 2 is 1.61 bits per heavy atom. The molecule has 1 aromatic carbocycles. The van der Waals surface area contributed by atoms with Gasteiger partial charge in [-0.05, 0) is 29.9 Å². The molecule has 1 aliphatic rings. The van der Waals surface area contributed by atoms with Crippen molar-refractivity contribution in [2.45, 2.75) is 43.9 Å². The van der Waals surface area contributed by atoms with E-state index in [9.17, 15) is 9.59 Å². The number of benzene rings is 1. The number of nitrogens with one attached hydrogen (secondary N) is 1. The van der Waals surface area contributed by atoms with Gasteiger partial charge in [-0.2, -0.15) is 0 Å². The number of carbonyl (C=O) groups is 2. The fourth-order valence-electron chi connectivity index (χ4n) is 2.44. The smallest absolute Gasteiger partial charge is 0.303 e. The first kappa shape index (κ1) is 19.5. The maximum atomic E-state index is 9.90. The van der Waals surface area contributed by atoms with E-state index in [4.69, 9.17) is 21.8 Å². The van der Waals surface area contributed by atoms with Gasteiger partial charge in [-0.3, -0.25) is 9.59 Å². The van der Waals surface area contributed by atoms with E-state index in [2.05, 4.69) is 36.5 Å². The van der Waals surface area contributed by atoms with Gasteiger partial charge in [-0.15, -0.1) is 11.6 Å². The lowest BCUT2D eigenvalue weighted by atomic mass is 9.95. The van der Waals surface area contributed by atoms with Crippen LogP contribution in [0.1, 0.15) is 55.0 Å². The van der Waals surface area contributed by atoms with Gasteiger partial charge in [-0.1, -0.05) is 31.2 Å². The van der Waals surface area contributed by atoms with Gasteiger partial charge in [0.05, 0.1) is 5.38 Å². The Morgan fingerprint density at radius 1 is 1.09 bits per heavy atom. The molecule has 0 aromatic heterocycles. The van der Waals surface area contributed by atoms with Crippen LogP contribution in [0, 0.1) is 0 Å². The third kappa shape index (κ3) is 7.48. The second-order valence-electron chi connectivity index (χ2n) is 5.65. The molecule has 0 bridgehead atoms. The first-order valence-corrected chi connectivity index (χ1v) is 8.22. The highest BCUT2D eigenvalue weighted by atomic mass is 35.5. The minimum absolute atomic E-state index is 0.0628. The first-order chi connectivity index (χ1) is 10.9. The quantitative estimate of drug-likeness (QED) is 0.564. The van der Waals surface area contributed by atoms with Crippen LogP contribution in [0.2, 0.25) is 0 Å². The predicted molar refractivity (Wildman–Crippen MR) is 90.1 cm³/mol. The Kier molecular flexibility index (Phi) is 8.66. The molecule has 1 aromatic rings. The Morgan fingerprint density at radius 3 is 2.13 bits per heavy atom. The predicted octanol–water partition coefficient (Wildman–Crippen LogP) is 3.39. The summed E-state index contributed by atoms with van der Waals surface area (Å²) in [5.41, 5.74) is 2.69. The molecule has 0 saturated carbocycles. The van der Waals surface area contributed by atoms with Crippen molar-refractivity contribution in [1.82, 2.24) is 5.32 Å². The molecule has 0 spiro atoms. The number of aliphatic carboxylic acids is 2. The van der Waals surface area contributed by atoms with Crippen LogP contribution in [-0.2, 0) is 9.59 Å². The van der Waals surface area contributed by atoms with E-state index in [0.29, 0.717) is 18.8 Å². The molecule has 1 aliphatic heterocycles. The van der Waals surface area contributed by atoms with Crippen molar-refractivity contribution in [1.29, 1.82) is 0 Å². The van der Waals surface area contributed by atoms with E-state index in [0.717, 1.165) is 13.1 Å². The Labute approximate surface area is 141 Å². The first-order valence-electron chi connectivity index (χ1n) is 7.79. The number of hydrogen-bond donors (Lipinski definition) is 3. The largest absolute Gasteiger partial charge is 0.481 e. The second-order valence-corrected chi connectivity index (χ2v) is 6.18. The molecular weight excluding hydrogens is 318 g/mol. The topological polar surface area (TPSA) is 86.6 Å². The molecule has 2 unspecified atom stereocenters. The van der Waals surface area contributed by atoms with E-state index in [-0.39, 0.29) is 18.2 Å². The van der Waals surface area contributed by atoms with E-state index in [1.54, 1.807) is 0 Å². The molecule has 6 heteroatoms. The summed E-state index contributed by atoms with van der Waals surface area (Å²) in [5.74, 6) is -1.17. The minimum atomic E-state index is -0.870. The summed E-state index contributed by atoms with van der Waals surface area (Å²) in [6, 6.07) is 8.47. The fourth-order valence-corrected chi connectivity index (χ4v) is 2.75. The van der Waals surface area contributed by atoms with Crippen LogP contribution in [0.4, 0.5) is 0 Å². The van der Waals surface area contributed by atoms with Crippen LogP contribution in [0.15, 0.2) is 24.3 Å². The standard InChI is InChI=1S/C11H14ClN.C6H10O4/c1-8-6-13-7-11(12)10-5-3-2-4-9(8)10;7-5(8)3-1-2-4-6(9)10/h2-5,8,11,13H,6-7H2,1H3;1-4H2,(H,7,8)(H,9,10). The summed E-state index contributed by atoms with van der Waals surface area (Å²) in [5, 5.41) is 19.8. The molecule has 2 rings (SSSR count). The maximum Gasteiger partial charge on any atom is 0.303 e. The summed E-state index contributed by atoms with van der Waals surface area (Å²) >= 11 is 6.25. The summed E-state index contributed by atoms with van der Waals surface area (Å²) < 4.78 is 0. The Balaban J connectivity index is 0.000000241. The number of unbranched alkanes of at least 4 members (excludes halogenated alkanes) is 1. The van der Waals surface area contributed by atoms with E-state index < -0.39 is 11.9 Å². The molecule has 0 radical (unpaired) electrons. The molecule has 0 fully saturated rings. The van der Waals surface area contributed by atoms with Gasteiger partial charge in [0.25, 0.3) is 0 Å².